The van der Waals surface area contributed by atoms with Crippen molar-refractivity contribution in [3.63, 3.8) is 0 Å². The Kier molecular flexibility index (Phi) is 3.06. The number of anilines is 1. The van der Waals surface area contributed by atoms with Crippen molar-refractivity contribution >= 4 is 5.69 Å². The Morgan fingerprint density at radius 2 is 1.88 bits per heavy atom. The van der Waals surface area contributed by atoms with E-state index in [9.17, 15) is 0 Å². The third-order valence-corrected chi connectivity index (χ3v) is 3.25. The number of nitrogens with zero attached hydrogens (tertiary/aromatic N) is 1. The molecule has 1 unspecified atom stereocenters. The molecule has 0 amide bonds. The van der Waals surface area contributed by atoms with E-state index in [1.165, 1.54) is 0 Å². The Bertz CT molecular complexity index is 336. The Hall–Kier alpha value is -1.22. The summed E-state index contributed by atoms with van der Waals surface area (Å²) in [6, 6.07) is 8.12. The molecule has 1 N–H and O–H groups in total. The highest BCUT2D eigenvalue weighted by molar-refractivity contribution is 5.61. The second-order valence-corrected chi connectivity index (χ2v) is 4.03. The lowest BCUT2D eigenvalue weighted by atomic mass is 10.2. The summed E-state index contributed by atoms with van der Waals surface area (Å²) < 4.78 is 6.10. The van der Waals surface area contributed by atoms with Crippen LogP contribution in [0.3, 0.4) is 0 Å². The van der Waals surface area contributed by atoms with Crippen LogP contribution in [0.2, 0.25) is 0 Å². The van der Waals surface area contributed by atoms with Crippen LogP contribution in [0, 0.1) is 0 Å². The molecule has 0 bridgehead atoms. The normalized spacial score (nSPS) is 22.8. The van der Waals surface area contributed by atoms with Crippen molar-refractivity contribution in [2.45, 2.75) is 33.0 Å². The first kappa shape index (κ1) is 11.3. The van der Waals surface area contributed by atoms with Gasteiger partial charge in [0.15, 0.2) is 0 Å². The van der Waals surface area contributed by atoms with E-state index in [0.717, 1.165) is 30.9 Å². The number of fused-ring (bicyclic) bond motifs is 1. The fourth-order valence-electron chi connectivity index (χ4n) is 2.34. The van der Waals surface area contributed by atoms with Crippen molar-refractivity contribution in [1.29, 1.82) is 0 Å². The van der Waals surface area contributed by atoms with Crippen molar-refractivity contribution in [2.75, 3.05) is 18.4 Å². The number of nitrogens with one attached hydrogen (secondary N) is 1. The Labute approximate surface area is 97.4 Å². The van der Waals surface area contributed by atoms with E-state index in [0.29, 0.717) is 0 Å². The molecule has 1 aliphatic heterocycles. The van der Waals surface area contributed by atoms with Gasteiger partial charge in [0.25, 0.3) is 0 Å². The zero-order valence-corrected chi connectivity index (χ0v) is 10.3. The average Bonchev–Trinajstić information content (AvgIpc) is 2.70. The molecular weight excluding hydrogens is 200 g/mol. The van der Waals surface area contributed by atoms with Crippen LogP contribution in [0.4, 0.5) is 5.69 Å². The van der Waals surface area contributed by atoms with Gasteiger partial charge >= 0.3 is 0 Å². The molecule has 1 heterocycles. The van der Waals surface area contributed by atoms with Crippen molar-refractivity contribution < 1.29 is 4.74 Å². The second-order valence-electron chi connectivity index (χ2n) is 4.03. The summed E-state index contributed by atoms with van der Waals surface area (Å²) in [4.78, 5) is 2.31. The van der Waals surface area contributed by atoms with Crippen LogP contribution in [0.5, 0.6) is 5.75 Å². The Morgan fingerprint density at radius 3 is 2.44 bits per heavy atom. The summed E-state index contributed by atoms with van der Waals surface area (Å²) in [7, 11) is 0. The van der Waals surface area contributed by atoms with Gasteiger partial charge in [-0.25, -0.2) is 4.90 Å². The third kappa shape index (κ3) is 1.65. The average molecular weight is 220 g/mol. The van der Waals surface area contributed by atoms with E-state index in [1.54, 1.807) is 0 Å². The van der Waals surface area contributed by atoms with Gasteiger partial charge in [-0.05, 0) is 12.1 Å². The summed E-state index contributed by atoms with van der Waals surface area (Å²) >= 11 is 0. The lowest BCUT2D eigenvalue weighted by Crippen LogP contribution is -2.55. The van der Waals surface area contributed by atoms with Crippen LogP contribution in [-0.2, 0) is 0 Å². The third-order valence-electron chi connectivity index (χ3n) is 3.25. The number of benzene rings is 1. The van der Waals surface area contributed by atoms with Gasteiger partial charge in [-0.2, -0.15) is 0 Å². The summed E-state index contributed by atoms with van der Waals surface area (Å²) in [6.07, 6.45) is 0.920. The van der Waals surface area contributed by atoms with Crippen molar-refractivity contribution in [3.8, 4) is 5.75 Å². The molecule has 0 fully saturated rings. The first-order valence-corrected chi connectivity index (χ1v) is 6.07. The number of ether oxygens (including phenoxy) is 1. The van der Waals surface area contributed by atoms with Crippen LogP contribution in [0.25, 0.3) is 0 Å². The molecular formula is C13H20N2O. The van der Waals surface area contributed by atoms with Gasteiger partial charge in [-0.3, -0.25) is 0 Å². The quantitative estimate of drug-likeness (QED) is 0.844. The van der Waals surface area contributed by atoms with E-state index in [2.05, 4.69) is 37.1 Å². The maximum absolute atomic E-state index is 6.10. The zero-order chi connectivity index (χ0) is 11.6. The van der Waals surface area contributed by atoms with Gasteiger partial charge in [-0.1, -0.05) is 32.9 Å². The molecule has 1 aromatic rings. The van der Waals surface area contributed by atoms with Crippen molar-refractivity contribution in [2.24, 2.45) is 0 Å². The summed E-state index contributed by atoms with van der Waals surface area (Å²) in [5.74, 6) is 0.601. The Morgan fingerprint density at radius 1 is 1.19 bits per heavy atom. The van der Waals surface area contributed by atoms with Crippen molar-refractivity contribution in [1.82, 2.24) is 4.90 Å². The van der Waals surface area contributed by atoms with Crippen LogP contribution >= 0.6 is 0 Å². The predicted molar refractivity (Wildman–Crippen MR) is 66.6 cm³/mol. The highest BCUT2D eigenvalue weighted by Gasteiger charge is 2.41. The summed E-state index contributed by atoms with van der Waals surface area (Å²) in [5.41, 5.74) is 1.09. The first-order chi connectivity index (χ1) is 7.75. The minimum atomic E-state index is -0.354. The molecule has 0 radical (unpaired) electrons. The first-order valence-electron chi connectivity index (χ1n) is 6.07. The molecule has 3 heteroatoms. The van der Waals surface area contributed by atoms with Gasteiger partial charge in [0.1, 0.15) is 5.75 Å². The molecule has 2 rings (SSSR count). The molecule has 0 aliphatic carbocycles. The summed E-state index contributed by atoms with van der Waals surface area (Å²) in [5, 5.41) is 3.50. The highest BCUT2D eigenvalue weighted by atomic mass is 16.5. The Balaban J connectivity index is 2.28. The highest BCUT2D eigenvalue weighted by Crippen LogP contribution is 2.39. The van der Waals surface area contributed by atoms with Crippen LogP contribution in [0.1, 0.15) is 27.2 Å². The monoisotopic (exact) mass is 220 g/mol. The molecule has 0 saturated heterocycles. The van der Waals surface area contributed by atoms with E-state index in [-0.39, 0.29) is 5.85 Å². The molecule has 16 heavy (non-hydrogen) atoms. The maximum Gasteiger partial charge on any atom is 0.240 e. The molecule has 88 valence electrons. The van der Waals surface area contributed by atoms with E-state index >= 15 is 0 Å². The lowest BCUT2D eigenvalue weighted by Gasteiger charge is -2.38. The number of hydrogen-bond acceptors (Lipinski definition) is 3. The largest absolute Gasteiger partial charge is 0.452 e. The summed E-state index contributed by atoms with van der Waals surface area (Å²) in [6.45, 7) is 8.43. The van der Waals surface area contributed by atoms with Gasteiger partial charge in [-0.15, -0.1) is 0 Å². The van der Waals surface area contributed by atoms with E-state index < -0.39 is 0 Å². The number of rotatable bonds is 4. The SMILES string of the molecule is CCN(CC)C1(CC)Nc2ccccc2O1. The molecule has 0 saturated carbocycles. The molecule has 3 nitrogen and oxygen atoms in total. The molecule has 0 aromatic heterocycles. The van der Waals surface area contributed by atoms with Crippen LogP contribution in [0.15, 0.2) is 24.3 Å². The fraction of sp³-hybridized carbons (Fsp3) is 0.538. The van der Waals surface area contributed by atoms with Crippen LogP contribution in [-0.4, -0.2) is 23.8 Å². The minimum absolute atomic E-state index is 0.354. The molecule has 1 aromatic carbocycles. The number of hydrogen-bond donors (Lipinski definition) is 1. The maximum atomic E-state index is 6.10. The fourth-order valence-corrected chi connectivity index (χ4v) is 2.34. The molecule has 1 atom stereocenters. The van der Waals surface area contributed by atoms with Gasteiger partial charge in [0.05, 0.1) is 5.69 Å². The van der Waals surface area contributed by atoms with Crippen LogP contribution < -0.4 is 10.1 Å². The van der Waals surface area contributed by atoms with E-state index in [1.807, 2.05) is 18.2 Å². The van der Waals surface area contributed by atoms with Crippen molar-refractivity contribution in [3.05, 3.63) is 24.3 Å². The topological polar surface area (TPSA) is 24.5 Å². The smallest absolute Gasteiger partial charge is 0.240 e. The van der Waals surface area contributed by atoms with E-state index in [4.69, 9.17) is 4.74 Å². The number of para-hydroxylation sites is 2. The van der Waals surface area contributed by atoms with Gasteiger partial charge < -0.3 is 10.1 Å². The van der Waals surface area contributed by atoms with Gasteiger partial charge in [0, 0.05) is 19.5 Å². The molecule has 0 spiro atoms. The second kappa shape index (κ2) is 4.34. The predicted octanol–water partition coefficient (Wildman–Crippen LogP) is 2.90. The minimum Gasteiger partial charge on any atom is -0.452 e. The lowest BCUT2D eigenvalue weighted by molar-refractivity contribution is -0.0477. The van der Waals surface area contributed by atoms with Gasteiger partial charge in [0.2, 0.25) is 5.85 Å². The molecule has 1 aliphatic rings. The standard InChI is InChI=1S/C13H20N2O/c1-4-13(15(5-2)6-3)14-11-9-7-8-10-12(11)16-13/h7-10,14H,4-6H2,1-3H3. The zero-order valence-electron chi connectivity index (χ0n) is 10.3.